The van der Waals surface area contributed by atoms with Crippen molar-refractivity contribution in [3.8, 4) is 11.3 Å². The second-order valence-electron chi connectivity index (χ2n) is 2.68. The van der Waals surface area contributed by atoms with Gasteiger partial charge >= 0.3 is 0 Å². The molecule has 14 heavy (non-hydrogen) atoms. The van der Waals surface area contributed by atoms with Crippen molar-refractivity contribution in [3.63, 3.8) is 0 Å². The van der Waals surface area contributed by atoms with Gasteiger partial charge in [0.05, 0.1) is 18.5 Å². The SMILES string of the molecule is OCc1nc(-c2cncc(F)c2)cs1. The van der Waals surface area contributed by atoms with Crippen LogP contribution in [0.4, 0.5) is 4.39 Å². The summed E-state index contributed by atoms with van der Waals surface area (Å²) in [5.41, 5.74) is 1.27. The number of hydrogen-bond acceptors (Lipinski definition) is 4. The molecular formula is C9H7FN2OS. The van der Waals surface area contributed by atoms with E-state index in [1.807, 2.05) is 0 Å². The van der Waals surface area contributed by atoms with Gasteiger partial charge in [0.1, 0.15) is 10.8 Å². The highest BCUT2D eigenvalue weighted by Gasteiger charge is 2.04. The lowest BCUT2D eigenvalue weighted by Gasteiger charge is -1.94. The molecule has 5 heteroatoms. The number of hydrogen-bond donors (Lipinski definition) is 1. The Morgan fingerprint density at radius 2 is 2.29 bits per heavy atom. The van der Waals surface area contributed by atoms with Crippen molar-refractivity contribution in [1.82, 2.24) is 9.97 Å². The monoisotopic (exact) mass is 210 g/mol. The summed E-state index contributed by atoms with van der Waals surface area (Å²) >= 11 is 1.34. The minimum Gasteiger partial charge on any atom is -0.389 e. The zero-order valence-electron chi connectivity index (χ0n) is 7.14. The largest absolute Gasteiger partial charge is 0.389 e. The van der Waals surface area contributed by atoms with Gasteiger partial charge in [-0.2, -0.15) is 0 Å². The topological polar surface area (TPSA) is 46.0 Å². The normalized spacial score (nSPS) is 10.4. The van der Waals surface area contributed by atoms with Gasteiger partial charge in [-0.1, -0.05) is 0 Å². The van der Waals surface area contributed by atoms with Crippen LogP contribution in [0.2, 0.25) is 0 Å². The third-order valence-electron chi connectivity index (χ3n) is 1.69. The van der Waals surface area contributed by atoms with E-state index >= 15 is 0 Å². The molecule has 0 saturated carbocycles. The van der Waals surface area contributed by atoms with Gasteiger partial charge in [0.2, 0.25) is 0 Å². The second kappa shape index (κ2) is 3.81. The van der Waals surface area contributed by atoms with E-state index in [1.54, 1.807) is 11.6 Å². The Bertz CT molecular complexity index is 444. The lowest BCUT2D eigenvalue weighted by atomic mass is 10.2. The van der Waals surface area contributed by atoms with Gasteiger partial charge in [0, 0.05) is 17.1 Å². The van der Waals surface area contributed by atoms with E-state index in [1.165, 1.54) is 17.4 Å². The van der Waals surface area contributed by atoms with Gasteiger partial charge in [-0.05, 0) is 6.07 Å². The average Bonchev–Trinajstić information content (AvgIpc) is 2.66. The number of nitrogens with zero attached hydrogens (tertiary/aromatic N) is 2. The number of pyridine rings is 1. The van der Waals surface area contributed by atoms with E-state index in [0.29, 0.717) is 16.3 Å². The number of aromatic nitrogens is 2. The Hall–Kier alpha value is -1.33. The first-order valence-electron chi connectivity index (χ1n) is 3.96. The van der Waals surface area contributed by atoms with Crippen LogP contribution in [0.15, 0.2) is 23.8 Å². The molecule has 0 fully saturated rings. The van der Waals surface area contributed by atoms with Crippen LogP contribution in [0, 0.1) is 5.82 Å². The molecule has 2 rings (SSSR count). The van der Waals surface area contributed by atoms with Gasteiger partial charge in [-0.25, -0.2) is 9.37 Å². The zero-order valence-corrected chi connectivity index (χ0v) is 7.96. The van der Waals surface area contributed by atoms with E-state index in [4.69, 9.17) is 5.11 Å². The van der Waals surface area contributed by atoms with Crippen molar-refractivity contribution >= 4 is 11.3 Å². The van der Waals surface area contributed by atoms with Crippen LogP contribution in [0.3, 0.4) is 0 Å². The van der Waals surface area contributed by atoms with Crippen LogP contribution < -0.4 is 0 Å². The molecule has 0 saturated heterocycles. The molecular weight excluding hydrogens is 203 g/mol. The van der Waals surface area contributed by atoms with Crippen LogP contribution in [-0.4, -0.2) is 15.1 Å². The lowest BCUT2D eigenvalue weighted by molar-refractivity contribution is 0.281. The summed E-state index contributed by atoms with van der Waals surface area (Å²) in [6, 6.07) is 1.36. The first-order chi connectivity index (χ1) is 6.79. The summed E-state index contributed by atoms with van der Waals surface area (Å²) in [6.07, 6.45) is 2.68. The van der Waals surface area contributed by atoms with Gasteiger partial charge in [-0.15, -0.1) is 11.3 Å². The molecule has 0 radical (unpaired) electrons. The van der Waals surface area contributed by atoms with Gasteiger partial charge in [0.25, 0.3) is 0 Å². The highest BCUT2D eigenvalue weighted by Crippen LogP contribution is 2.21. The Morgan fingerprint density at radius 3 is 2.93 bits per heavy atom. The summed E-state index contributed by atoms with van der Waals surface area (Å²) in [7, 11) is 0. The summed E-state index contributed by atoms with van der Waals surface area (Å²) in [4.78, 5) is 7.82. The Labute approximate surface area is 83.9 Å². The third kappa shape index (κ3) is 1.78. The minimum atomic E-state index is -0.388. The molecule has 0 aliphatic heterocycles. The fourth-order valence-corrected chi connectivity index (χ4v) is 1.73. The average molecular weight is 210 g/mol. The van der Waals surface area contributed by atoms with Crippen molar-refractivity contribution in [2.45, 2.75) is 6.61 Å². The molecule has 2 heterocycles. The quantitative estimate of drug-likeness (QED) is 0.822. The molecule has 0 aromatic carbocycles. The van der Waals surface area contributed by atoms with Crippen molar-refractivity contribution in [2.24, 2.45) is 0 Å². The van der Waals surface area contributed by atoms with Gasteiger partial charge < -0.3 is 5.11 Å². The maximum atomic E-state index is 12.8. The summed E-state index contributed by atoms with van der Waals surface area (Å²) in [5, 5.41) is 11.2. The van der Waals surface area contributed by atoms with Crippen molar-refractivity contribution in [1.29, 1.82) is 0 Å². The zero-order chi connectivity index (χ0) is 9.97. The van der Waals surface area contributed by atoms with E-state index in [0.717, 1.165) is 6.20 Å². The summed E-state index contributed by atoms with van der Waals surface area (Å²) in [6.45, 7) is -0.0899. The van der Waals surface area contributed by atoms with E-state index in [-0.39, 0.29) is 12.4 Å². The Morgan fingerprint density at radius 1 is 1.43 bits per heavy atom. The summed E-state index contributed by atoms with van der Waals surface area (Å²) < 4.78 is 12.8. The van der Waals surface area contributed by atoms with E-state index in [9.17, 15) is 4.39 Å². The molecule has 0 unspecified atom stereocenters. The fourth-order valence-electron chi connectivity index (χ4n) is 1.07. The second-order valence-corrected chi connectivity index (χ2v) is 3.62. The molecule has 0 amide bonds. The smallest absolute Gasteiger partial charge is 0.142 e. The van der Waals surface area contributed by atoms with Crippen molar-refractivity contribution in [3.05, 3.63) is 34.7 Å². The maximum absolute atomic E-state index is 12.8. The Balaban J connectivity index is 2.39. The molecule has 2 aromatic heterocycles. The first kappa shape index (κ1) is 9.23. The molecule has 0 bridgehead atoms. The Kier molecular flexibility index (Phi) is 2.51. The summed E-state index contributed by atoms with van der Waals surface area (Å²) in [5.74, 6) is -0.388. The van der Waals surface area contributed by atoms with Crippen LogP contribution in [-0.2, 0) is 6.61 Å². The minimum absolute atomic E-state index is 0.0899. The number of thiazole rings is 1. The molecule has 72 valence electrons. The highest BCUT2D eigenvalue weighted by atomic mass is 32.1. The first-order valence-corrected chi connectivity index (χ1v) is 4.84. The fraction of sp³-hybridized carbons (Fsp3) is 0.111. The van der Waals surface area contributed by atoms with Crippen molar-refractivity contribution in [2.75, 3.05) is 0 Å². The predicted molar refractivity (Wildman–Crippen MR) is 51.2 cm³/mol. The molecule has 3 nitrogen and oxygen atoms in total. The number of aliphatic hydroxyl groups is 1. The molecule has 0 atom stereocenters. The molecule has 1 N–H and O–H groups in total. The molecule has 0 aliphatic rings. The highest BCUT2D eigenvalue weighted by molar-refractivity contribution is 7.09. The van der Waals surface area contributed by atoms with Crippen LogP contribution >= 0.6 is 11.3 Å². The lowest BCUT2D eigenvalue weighted by Crippen LogP contribution is -1.84. The van der Waals surface area contributed by atoms with Crippen LogP contribution in [0.25, 0.3) is 11.3 Å². The van der Waals surface area contributed by atoms with Gasteiger partial charge in [-0.3, -0.25) is 4.98 Å². The van der Waals surface area contributed by atoms with Crippen molar-refractivity contribution < 1.29 is 9.50 Å². The maximum Gasteiger partial charge on any atom is 0.142 e. The van der Waals surface area contributed by atoms with Gasteiger partial charge in [0.15, 0.2) is 0 Å². The van der Waals surface area contributed by atoms with Crippen LogP contribution in [0.5, 0.6) is 0 Å². The number of halogens is 1. The van der Waals surface area contributed by atoms with E-state index in [2.05, 4.69) is 9.97 Å². The number of rotatable bonds is 2. The molecule has 2 aromatic rings. The van der Waals surface area contributed by atoms with E-state index < -0.39 is 0 Å². The number of aliphatic hydroxyl groups excluding tert-OH is 1. The standard InChI is InChI=1S/C9H7FN2OS/c10-7-1-6(2-11-3-7)8-5-14-9(4-13)12-8/h1-3,5,13H,4H2. The third-order valence-corrected chi connectivity index (χ3v) is 2.52. The predicted octanol–water partition coefficient (Wildman–Crippen LogP) is 1.84. The molecule has 0 spiro atoms. The van der Waals surface area contributed by atoms with Crippen LogP contribution in [0.1, 0.15) is 5.01 Å². The molecule has 0 aliphatic carbocycles.